The predicted octanol–water partition coefficient (Wildman–Crippen LogP) is 2.93. The van der Waals surface area contributed by atoms with E-state index in [0.717, 1.165) is 12.0 Å². The molecule has 116 valence electrons. The molecule has 2 rings (SSSR count). The average Bonchev–Trinajstić information content (AvgIpc) is 2.54. The molecule has 22 heavy (non-hydrogen) atoms. The van der Waals surface area contributed by atoms with Gasteiger partial charge in [-0.05, 0) is 38.0 Å². The molecule has 0 saturated heterocycles. The van der Waals surface area contributed by atoms with Gasteiger partial charge in [0.25, 0.3) is 5.91 Å². The number of amides is 1. The molecular weight excluding hydrogens is 276 g/mol. The van der Waals surface area contributed by atoms with E-state index in [-0.39, 0.29) is 5.91 Å². The summed E-state index contributed by atoms with van der Waals surface area (Å²) in [5.41, 5.74) is 2.58. The Hall–Kier alpha value is -2.43. The number of hydrogen-bond donors (Lipinski definition) is 2. The maximum Gasteiger partial charge on any atom is 0.272 e. The van der Waals surface area contributed by atoms with Gasteiger partial charge in [0.05, 0.1) is 0 Å². The Labute approximate surface area is 131 Å². The number of rotatable bonds is 6. The van der Waals surface area contributed by atoms with Gasteiger partial charge in [-0.15, -0.1) is 10.2 Å². The fourth-order valence-corrected chi connectivity index (χ4v) is 1.86. The number of aromatic nitrogens is 2. The van der Waals surface area contributed by atoms with Crippen molar-refractivity contribution in [3.63, 3.8) is 0 Å². The van der Waals surface area contributed by atoms with E-state index in [0.29, 0.717) is 24.1 Å². The fourth-order valence-electron chi connectivity index (χ4n) is 1.86. The monoisotopic (exact) mass is 298 g/mol. The van der Waals surface area contributed by atoms with Crippen LogP contribution in [0.1, 0.15) is 41.9 Å². The highest BCUT2D eigenvalue weighted by Gasteiger charge is 2.08. The minimum Gasteiger partial charge on any atom is -0.366 e. The van der Waals surface area contributed by atoms with E-state index in [4.69, 9.17) is 0 Å². The Morgan fingerprint density at radius 2 is 1.86 bits per heavy atom. The number of aryl methyl sites for hydroxylation is 1. The van der Waals surface area contributed by atoms with E-state index in [1.54, 1.807) is 12.1 Å². The molecule has 5 nitrogen and oxygen atoms in total. The van der Waals surface area contributed by atoms with E-state index in [1.165, 1.54) is 5.56 Å². The summed E-state index contributed by atoms with van der Waals surface area (Å²) >= 11 is 0. The van der Waals surface area contributed by atoms with Crippen LogP contribution in [-0.2, 0) is 6.54 Å². The van der Waals surface area contributed by atoms with E-state index < -0.39 is 0 Å². The second kappa shape index (κ2) is 7.54. The summed E-state index contributed by atoms with van der Waals surface area (Å²) in [6, 6.07) is 11.8. The van der Waals surface area contributed by atoms with Gasteiger partial charge in [0.1, 0.15) is 5.82 Å². The lowest BCUT2D eigenvalue weighted by Crippen LogP contribution is -2.24. The van der Waals surface area contributed by atoms with Crippen LogP contribution in [-0.4, -0.2) is 22.1 Å². The number of nitrogens with one attached hydrogen (secondary N) is 2. The summed E-state index contributed by atoms with van der Waals surface area (Å²) in [5, 5.41) is 14.1. The minimum atomic E-state index is -0.219. The van der Waals surface area contributed by atoms with Crippen molar-refractivity contribution in [3.05, 3.63) is 53.2 Å². The Morgan fingerprint density at radius 1 is 1.14 bits per heavy atom. The second-order valence-corrected chi connectivity index (χ2v) is 5.43. The third kappa shape index (κ3) is 4.55. The fraction of sp³-hybridized carbons (Fsp3) is 0.353. The lowest BCUT2D eigenvalue weighted by atomic mass is 10.1. The van der Waals surface area contributed by atoms with Crippen LogP contribution in [0.2, 0.25) is 0 Å². The Balaban J connectivity index is 1.90. The number of anilines is 1. The van der Waals surface area contributed by atoms with Crippen LogP contribution in [0.15, 0.2) is 36.4 Å². The zero-order valence-corrected chi connectivity index (χ0v) is 13.3. The van der Waals surface area contributed by atoms with Crippen LogP contribution in [0.3, 0.4) is 0 Å². The van der Waals surface area contributed by atoms with Crippen molar-refractivity contribution in [1.82, 2.24) is 15.5 Å². The van der Waals surface area contributed by atoms with Crippen molar-refractivity contribution in [1.29, 1.82) is 0 Å². The Morgan fingerprint density at radius 3 is 2.45 bits per heavy atom. The highest BCUT2D eigenvalue weighted by Crippen LogP contribution is 2.06. The van der Waals surface area contributed by atoms with Gasteiger partial charge in [-0.25, -0.2) is 0 Å². The summed E-state index contributed by atoms with van der Waals surface area (Å²) in [4.78, 5) is 12.0. The topological polar surface area (TPSA) is 66.9 Å². The van der Waals surface area contributed by atoms with E-state index in [2.05, 4.69) is 34.7 Å². The lowest BCUT2D eigenvalue weighted by Gasteiger charge is -2.11. The third-order valence-corrected chi connectivity index (χ3v) is 3.48. The molecule has 2 aromatic rings. The van der Waals surface area contributed by atoms with Gasteiger partial charge in [-0.2, -0.15) is 0 Å². The van der Waals surface area contributed by atoms with Crippen molar-refractivity contribution < 1.29 is 4.79 Å². The molecule has 5 heteroatoms. The second-order valence-electron chi connectivity index (χ2n) is 5.43. The molecular formula is C17H22N4O. The van der Waals surface area contributed by atoms with Gasteiger partial charge in [-0.3, -0.25) is 4.79 Å². The molecule has 1 atom stereocenters. The minimum absolute atomic E-state index is 0.219. The molecule has 1 aromatic carbocycles. The Bertz CT molecular complexity index is 608. The molecule has 0 fully saturated rings. The summed E-state index contributed by atoms with van der Waals surface area (Å²) in [7, 11) is 0. The molecule has 1 aromatic heterocycles. The number of hydrogen-bond acceptors (Lipinski definition) is 4. The van der Waals surface area contributed by atoms with Crippen LogP contribution in [0, 0.1) is 6.92 Å². The molecule has 1 unspecified atom stereocenters. The van der Waals surface area contributed by atoms with Gasteiger partial charge in [0, 0.05) is 12.6 Å². The van der Waals surface area contributed by atoms with Gasteiger partial charge >= 0.3 is 0 Å². The first-order valence-corrected chi connectivity index (χ1v) is 7.52. The van der Waals surface area contributed by atoms with Crippen LogP contribution < -0.4 is 10.6 Å². The number of carbonyl (C=O) groups is 1. The molecule has 1 amide bonds. The highest BCUT2D eigenvalue weighted by atomic mass is 16.1. The van der Waals surface area contributed by atoms with Crippen molar-refractivity contribution in [2.45, 2.75) is 39.8 Å². The van der Waals surface area contributed by atoms with E-state index in [9.17, 15) is 4.79 Å². The average molecular weight is 298 g/mol. The largest absolute Gasteiger partial charge is 0.366 e. The highest BCUT2D eigenvalue weighted by molar-refractivity contribution is 5.92. The first-order valence-electron chi connectivity index (χ1n) is 7.52. The van der Waals surface area contributed by atoms with Crippen molar-refractivity contribution in [2.24, 2.45) is 0 Å². The van der Waals surface area contributed by atoms with Gasteiger partial charge < -0.3 is 10.6 Å². The molecule has 0 radical (unpaired) electrons. The normalized spacial score (nSPS) is 11.8. The molecule has 0 aliphatic rings. The zero-order chi connectivity index (χ0) is 15.9. The lowest BCUT2D eigenvalue weighted by molar-refractivity contribution is 0.0945. The van der Waals surface area contributed by atoms with E-state index in [1.807, 2.05) is 31.2 Å². The van der Waals surface area contributed by atoms with Crippen molar-refractivity contribution in [2.75, 3.05) is 5.32 Å². The Kier molecular flexibility index (Phi) is 5.47. The maximum absolute atomic E-state index is 12.0. The van der Waals surface area contributed by atoms with Crippen LogP contribution in [0.5, 0.6) is 0 Å². The smallest absolute Gasteiger partial charge is 0.272 e. The van der Waals surface area contributed by atoms with Crippen molar-refractivity contribution in [3.8, 4) is 0 Å². The van der Waals surface area contributed by atoms with Crippen LogP contribution in [0.25, 0.3) is 0 Å². The first kappa shape index (κ1) is 15.9. The predicted molar refractivity (Wildman–Crippen MR) is 87.8 cm³/mol. The molecule has 1 heterocycles. The van der Waals surface area contributed by atoms with Gasteiger partial charge in [-0.1, -0.05) is 36.8 Å². The van der Waals surface area contributed by atoms with Gasteiger partial charge in [0.15, 0.2) is 5.69 Å². The molecule has 0 spiro atoms. The van der Waals surface area contributed by atoms with Gasteiger partial charge in [0.2, 0.25) is 0 Å². The maximum atomic E-state index is 12.0. The summed E-state index contributed by atoms with van der Waals surface area (Å²) < 4.78 is 0. The number of benzene rings is 1. The SMILES string of the molecule is CCC(C)Nc1ccc(C(=O)NCc2ccc(C)cc2)nn1. The van der Waals surface area contributed by atoms with Crippen LogP contribution in [0.4, 0.5) is 5.82 Å². The summed E-state index contributed by atoms with van der Waals surface area (Å²) in [5.74, 6) is 0.465. The third-order valence-electron chi connectivity index (χ3n) is 3.48. The quantitative estimate of drug-likeness (QED) is 0.860. The summed E-state index contributed by atoms with van der Waals surface area (Å²) in [6.45, 7) is 6.68. The molecule has 0 bridgehead atoms. The number of nitrogens with zero attached hydrogens (tertiary/aromatic N) is 2. The van der Waals surface area contributed by atoms with E-state index >= 15 is 0 Å². The molecule has 0 saturated carbocycles. The molecule has 0 aliphatic carbocycles. The zero-order valence-electron chi connectivity index (χ0n) is 13.3. The number of carbonyl (C=O) groups excluding carboxylic acids is 1. The van der Waals surface area contributed by atoms with Crippen LogP contribution >= 0.6 is 0 Å². The molecule has 2 N–H and O–H groups in total. The molecule has 0 aliphatic heterocycles. The standard InChI is InChI=1S/C17H22N4O/c1-4-13(3)19-16-10-9-15(20-21-16)17(22)18-11-14-7-5-12(2)6-8-14/h5-10,13H,4,11H2,1-3H3,(H,18,22)(H,19,21). The van der Waals surface area contributed by atoms with Crippen molar-refractivity contribution >= 4 is 11.7 Å². The first-order chi connectivity index (χ1) is 10.6. The summed E-state index contributed by atoms with van der Waals surface area (Å²) in [6.07, 6.45) is 1.00.